The number of hydrogen-bond donors (Lipinski definition) is 1. The average Bonchev–Trinajstić information content (AvgIpc) is 3.23. The molecule has 0 radical (unpaired) electrons. The lowest BCUT2D eigenvalue weighted by atomic mass is 10.1. The van der Waals surface area contributed by atoms with Crippen molar-refractivity contribution in [2.75, 3.05) is 12.1 Å². The number of aromatic nitrogens is 2. The molecule has 2 aromatic carbocycles. The first-order chi connectivity index (χ1) is 12.5. The lowest BCUT2D eigenvalue weighted by Crippen LogP contribution is -2.12. The van der Waals surface area contributed by atoms with Gasteiger partial charge in [0.1, 0.15) is 5.82 Å². The Labute approximate surface area is 149 Å². The molecule has 4 rings (SSSR count). The summed E-state index contributed by atoms with van der Waals surface area (Å²) in [6.45, 7) is 2.05. The summed E-state index contributed by atoms with van der Waals surface area (Å²) < 4.78 is 26.2. The van der Waals surface area contributed by atoms with E-state index < -0.39 is 5.91 Å². The Hall–Kier alpha value is -3.35. The van der Waals surface area contributed by atoms with Gasteiger partial charge >= 0.3 is 0 Å². The summed E-state index contributed by atoms with van der Waals surface area (Å²) in [4.78, 5) is 12.5. The van der Waals surface area contributed by atoms with E-state index in [1.165, 1.54) is 10.7 Å². The van der Waals surface area contributed by atoms with E-state index in [0.717, 1.165) is 5.56 Å². The van der Waals surface area contributed by atoms with Gasteiger partial charge in [0, 0.05) is 24.4 Å². The molecule has 0 fully saturated rings. The van der Waals surface area contributed by atoms with Gasteiger partial charge in [0.15, 0.2) is 17.2 Å². The second kappa shape index (κ2) is 6.18. The zero-order valence-electron chi connectivity index (χ0n) is 14.2. The van der Waals surface area contributed by atoms with Crippen molar-refractivity contribution in [3.05, 3.63) is 59.5 Å². The molecule has 3 aromatic rings. The highest BCUT2D eigenvalue weighted by Crippen LogP contribution is 2.34. The number of rotatable bonds is 3. The summed E-state index contributed by atoms with van der Waals surface area (Å²) in [6, 6.07) is 11.5. The van der Waals surface area contributed by atoms with Crippen molar-refractivity contribution < 1.29 is 18.7 Å². The summed E-state index contributed by atoms with van der Waals surface area (Å²) in [7, 11) is 1.68. The minimum atomic E-state index is -0.390. The largest absolute Gasteiger partial charge is 0.454 e. The highest BCUT2D eigenvalue weighted by Gasteiger charge is 2.18. The molecule has 2 heterocycles. The van der Waals surface area contributed by atoms with Crippen LogP contribution in [0.15, 0.2) is 42.5 Å². The van der Waals surface area contributed by atoms with Crippen LogP contribution in [0.1, 0.15) is 16.1 Å². The van der Waals surface area contributed by atoms with Gasteiger partial charge in [-0.15, -0.1) is 0 Å². The molecule has 1 aliphatic rings. The minimum absolute atomic E-state index is 0.165. The van der Waals surface area contributed by atoms with Gasteiger partial charge in [-0.2, -0.15) is 5.10 Å². The molecule has 0 atom stereocenters. The Kier molecular flexibility index (Phi) is 3.84. The first-order valence-electron chi connectivity index (χ1n) is 8.03. The number of anilines is 1. The van der Waals surface area contributed by atoms with E-state index in [-0.39, 0.29) is 18.3 Å². The fraction of sp³-hybridized carbons (Fsp3) is 0.158. The number of amides is 1. The van der Waals surface area contributed by atoms with Crippen molar-refractivity contribution >= 4 is 11.6 Å². The van der Waals surface area contributed by atoms with Gasteiger partial charge in [0.2, 0.25) is 6.79 Å². The zero-order chi connectivity index (χ0) is 18.3. The van der Waals surface area contributed by atoms with Gasteiger partial charge in [0.25, 0.3) is 5.91 Å². The van der Waals surface area contributed by atoms with Crippen LogP contribution in [0.25, 0.3) is 11.3 Å². The van der Waals surface area contributed by atoms with Gasteiger partial charge in [-0.05, 0) is 37.3 Å². The second-order valence-corrected chi connectivity index (χ2v) is 6.04. The fourth-order valence-electron chi connectivity index (χ4n) is 2.84. The van der Waals surface area contributed by atoms with Crippen LogP contribution >= 0.6 is 0 Å². The molecule has 0 bridgehead atoms. The smallest absolute Gasteiger partial charge is 0.276 e. The molecule has 0 saturated carbocycles. The lowest BCUT2D eigenvalue weighted by molar-refractivity contribution is 0.102. The molecule has 0 aliphatic carbocycles. The van der Waals surface area contributed by atoms with Gasteiger partial charge in [0.05, 0.1) is 5.69 Å². The molecule has 132 valence electrons. The summed E-state index contributed by atoms with van der Waals surface area (Å²) in [5, 5.41) is 6.97. The Morgan fingerprint density at radius 1 is 1.15 bits per heavy atom. The van der Waals surface area contributed by atoms with Gasteiger partial charge in [-0.3, -0.25) is 9.48 Å². The Morgan fingerprint density at radius 3 is 2.81 bits per heavy atom. The van der Waals surface area contributed by atoms with E-state index in [2.05, 4.69) is 10.4 Å². The molecule has 0 unspecified atom stereocenters. The van der Waals surface area contributed by atoms with Crippen LogP contribution in [0.5, 0.6) is 11.5 Å². The Balaban J connectivity index is 1.60. The maximum atomic E-state index is 14.2. The first-order valence-corrected chi connectivity index (χ1v) is 8.03. The maximum Gasteiger partial charge on any atom is 0.276 e. The molecular formula is C19H16FN3O3. The fourth-order valence-corrected chi connectivity index (χ4v) is 2.84. The molecule has 26 heavy (non-hydrogen) atoms. The molecule has 1 aliphatic heterocycles. The van der Waals surface area contributed by atoms with Crippen molar-refractivity contribution in [3.63, 3.8) is 0 Å². The second-order valence-electron chi connectivity index (χ2n) is 6.04. The number of halogens is 1. The van der Waals surface area contributed by atoms with E-state index >= 15 is 0 Å². The third kappa shape index (κ3) is 2.88. The minimum Gasteiger partial charge on any atom is -0.454 e. The van der Waals surface area contributed by atoms with Crippen LogP contribution in [0.3, 0.4) is 0 Å². The highest BCUT2D eigenvalue weighted by molar-refractivity contribution is 6.03. The van der Waals surface area contributed by atoms with Crippen molar-refractivity contribution in [1.29, 1.82) is 0 Å². The molecule has 1 amide bonds. The van der Waals surface area contributed by atoms with Crippen LogP contribution in [0.2, 0.25) is 0 Å². The van der Waals surface area contributed by atoms with Gasteiger partial charge < -0.3 is 14.8 Å². The van der Waals surface area contributed by atoms with Crippen LogP contribution in [0, 0.1) is 12.7 Å². The Bertz CT molecular complexity index is 1010. The summed E-state index contributed by atoms with van der Waals surface area (Å²) in [5.74, 6) is 0.462. The summed E-state index contributed by atoms with van der Waals surface area (Å²) in [6.07, 6.45) is 0. The Morgan fingerprint density at radius 2 is 1.96 bits per heavy atom. The number of nitrogens with zero attached hydrogens (tertiary/aromatic N) is 2. The molecule has 1 N–H and O–H groups in total. The highest BCUT2D eigenvalue weighted by atomic mass is 19.1. The van der Waals surface area contributed by atoms with Crippen LogP contribution in [-0.4, -0.2) is 22.5 Å². The van der Waals surface area contributed by atoms with Gasteiger partial charge in [-0.25, -0.2) is 4.39 Å². The summed E-state index contributed by atoms with van der Waals surface area (Å²) in [5.41, 5.74) is 2.62. The number of benzene rings is 2. The van der Waals surface area contributed by atoms with Crippen LogP contribution < -0.4 is 14.8 Å². The van der Waals surface area contributed by atoms with Gasteiger partial charge in [-0.1, -0.05) is 11.6 Å². The number of fused-ring (bicyclic) bond motifs is 1. The lowest BCUT2D eigenvalue weighted by Gasteiger charge is -2.04. The zero-order valence-corrected chi connectivity index (χ0v) is 14.2. The molecule has 0 spiro atoms. The predicted molar refractivity (Wildman–Crippen MR) is 93.9 cm³/mol. The third-order valence-electron chi connectivity index (χ3n) is 4.14. The van der Waals surface area contributed by atoms with Crippen LogP contribution in [-0.2, 0) is 7.05 Å². The van der Waals surface area contributed by atoms with Crippen LogP contribution in [0.4, 0.5) is 10.1 Å². The van der Waals surface area contributed by atoms with Crippen molar-refractivity contribution in [2.24, 2.45) is 7.05 Å². The van der Waals surface area contributed by atoms with E-state index in [1.807, 2.05) is 6.92 Å². The third-order valence-corrected chi connectivity index (χ3v) is 4.14. The number of hydrogen-bond acceptors (Lipinski definition) is 4. The van der Waals surface area contributed by atoms with E-state index in [0.29, 0.717) is 28.4 Å². The quantitative estimate of drug-likeness (QED) is 0.782. The first kappa shape index (κ1) is 16.1. The molecule has 0 saturated heterocycles. The topological polar surface area (TPSA) is 65.4 Å². The summed E-state index contributed by atoms with van der Waals surface area (Å²) >= 11 is 0. The van der Waals surface area contributed by atoms with Crippen molar-refractivity contribution in [3.8, 4) is 22.8 Å². The van der Waals surface area contributed by atoms with Crippen molar-refractivity contribution in [2.45, 2.75) is 6.92 Å². The molecule has 6 nitrogen and oxygen atoms in total. The number of aryl methyl sites for hydroxylation is 2. The average molecular weight is 353 g/mol. The number of carbonyl (C=O) groups is 1. The van der Waals surface area contributed by atoms with Crippen molar-refractivity contribution in [1.82, 2.24) is 9.78 Å². The molecule has 1 aromatic heterocycles. The monoisotopic (exact) mass is 353 g/mol. The number of ether oxygens (including phenoxy) is 2. The van der Waals surface area contributed by atoms with E-state index in [1.54, 1.807) is 43.4 Å². The molecular weight excluding hydrogens is 337 g/mol. The van der Waals surface area contributed by atoms with E-state index in [4.69, 9.17) is 9.47 Å². The standard InChI is InChI=1S/C19H16FN3O3/c1-11-3-5-14(20)13(7-11)16-9-15(22-23(16)2)19(24)21-12-4-6-17-18(8-12)26-10-25-17/h3-9H,10H2,1-2H3,(H,21,24). The van der Waals surface area contributed by atoms with E-state index in [9.17, 15) is 9.18 Å². The number of carbonyl (C=O) groups excluding carboxylic acids is 1. The SMILES string of the molecule is Cc1ccc(F)c(-c2cc(C(=O)Nc3ccc4c(c3)OCO4)nn2C)c1. The molecule has 7 heteroatoms. The maximum absolute atomic E-state index is 14.2. The predicted octanol–water partition coefficient (Wildman–Crippen LogP) is 3.52. The normalized spacial score (nSPS) is 12.3. The number of nitrogens with one attached hydrogen (secondary N) is 1.